The van der Waals surface area contributed by atoms with E-state index in [9.17, 15) is 0 Å². The predicted octanol–water partition coefficient (Wildman–Crippen LogP) is 4.27. The molecule has 1 nitrogen and oxygen atoms in total. The molecule has 2 aromatic rings. The fraction of sp³-hybridized carbons (Fsp3) is 0.100. The lowest BCUT2D eigenvalue weighted by Crippen LogP contribution is -1.81. The van der Waals surface area contributed by atoms with E-state index < -0.39 is 0 Å². The average molecular weight is 287 g/mol. The summed E-state index contributed by atoms with van der Waals surface area (Å²) in [6.07, 6.45) is 0. The number of fused-ring (bicyclic) bond motifs is 1. The summed E-state index contributed by atoms with van der Waals surface area (Å²) in [7, 11) is 0. The highest BCUT2D eigenvalue weighted by molar-refractivity contribution is 9.10. The van der Waals surface area contributed by atoms with Crippen LogP contribution in [0, 0.1) is 11.3 Å². The lowest BCUT2D eigenvalue weighted by molar-refractivity contribution is 1.41. The molecular formula is C10H5BrClNS. The zero-order valence-corrected chi connectivity index (χ0v) is 10.2. The van der Waals surface area contributed by atoms with Crippen molar-refractivity contribution >= 4 is 49.0 Å². The first-order valence-electron chi connectivity index (χ1n) is 3.92. The van der Waals surface area contributed by atoms with Crippen LogP contribution in [0.4, 0.5) is 0 Å². The summed E-state index contributed by atoms with van der Waals surface area (Å²) in [5, 5.41) is 12.0. The van der Waals surface area contributed by atoms with Crippen LogP contribution in [0.1, 0.15) is 11.1 Å². The minimum atomic E-state index is 0.437. The number of halogens is 2. The first-order chi connectivity index (χ1) is 6.76. The smallest absolute Gasteiger partial charge is 0.101 e. The Morgan fingerprint density at radius 1 is 1.50 bits per heavy atom. The van der Waals surface area contributed by atoms with Crippen molar-refractivity contribution in [2.45, 2.75) is 5.88 Å². The molecule has 0 atom stereocenters. The molecule has 0 bridgehead atoms. The van der Waals surface area contributed by atoms with E-state index in [0.29, 0.717) is 11.4 Å². The Labute approximate surface area is 99.0 Å². The first kappa shape index (κ1) is 9.97. The largest absolute Gasteiger partial charge is 0.192 e. The van der Waals surface area contributed by atoms with Gasteiger partial charge in [0.25, 0.3) is 0 Å². The van der Waals surface area contributed by atoms with Crippen LogP contribution in [0.3, 0.4) is 0 Å². The lowest BCUT2D eigenvalue weighted by Gasteiger charge is -1.98. The molecule has 1 heterocycles. The van der Waals surface area contributed by atoms with Crippen LogP contribution in [0.2, 0.25) is 0 Å². The van der Waals surface area contributed by atoms with Crippen molar-refractivity contribution in [3.05, 3.63) is 33.1 Å². The normalized spacial score (nSPS) is 10.4. The second kappa shape index (κ2) is 3.90. The van der Waals surface area contributed by atoms with Crippen LogP contribution >= 0.6 is 38.9 Å². The van der Waals surface area contributed by atoms with Gasteiger partial charge in [0, 0.05) is 21.1 Å². The van der Waals surface area contributed by atoms with E-state index in [1.807, 2.05) is 17.5 Å². The van der Waals surface area contributed by atoms with E-state index in [1.54, 1.807) is 11.3 Å². The van der Waals surface area contributed by atoms with Gasteiger partial charge in [-0.25, -0.2) is 0 Å². The Hall–Kier alpha value is -0.560. The topological polar surface area (TPSA) is 23.8 Å². The summed E-state index contributed by atoms with van der Waals surface area (Å²) in [5.74, 6) is 0.437. The summed E-state index contributed by atoms with van der Waals surface area (Å²) < 4.78 is 2.05. The number of hydrogen-bond donors (Lipinski definition) is 0. The van der Waals surface area contributed by atoms with Gasteiger partial charge in [-0.2, -0.15) is 5.26 Å². The van der Waals surface area contributed by atoms with Gasteiger partial charge in [-0.05, 0) is 33.6 Å². The quantitative estimate of drug-likeness (QED) is 0.718. The van der Waals surface area contributed by atoms with Crippen LogP contribution in [-0.4, -0.2) is 0 Å². The zero-order chi connectivity index (χ0) is 10.1. The first-order valence-corrected chi connectivity index (χ1v) is 6.12. The number of hydrogen-bond acceptors (Lipinski definition) is 2. The Balaban J connectivity index is 2.84. The summed E-state index contributed by atoms with van der Waals surface area (Å²) in [6, 6.07) is 6.05. The van der Waals surface area contributed by atoms with E-state index in [-0.39, 0.29) is 0 Å². The van der Waals surface area contributed by atoms with Gasteiger partial charge >= 0.3 is 0 Å². The van der Waals surface area contributed by atoms with Gasteiger partial charge in [0.2, 0.25) is 0 Å². The molecule has 0 unspecified atom stereocenters. The van der Waals surface area contributed by atoms with Crippen molar-refractivity contribution in [3.63, 3.8) is 0 Å². The fourth-order valence-corrected chi connectivity index (χ4v) is 3.08. The molecule has 0 spiro atoms. The number of benzene rings is 1. The van der Waals surface area contributed by atoms with Crippen molar-refractivity contribution in [2.24, 2.45) is 0 Å². The van der Waals surface area contributed by atoms with E-state index in [4.69, 9.17) is 16.9 Å². The van der Waals surface area contributed by atoms with Crippen molar-refractivity contribution in [3.8, 4) is 6.07 Å². The maximum atomic E-state index is 8.96. The molecule has 0 aliphatic heterocycles. The fourth-order valence-electron chi connectivity index (χ4n) is 1.33. The molecule has 0 aliphatic carbocycles. The molecule has 4 heteroatoms. The predicted molar refractivity (Wildman–Crippen MR) is 63.8 cm³/mol. The third-order valence-electron chi connectivity index (χ3n) is 1.96. The molecule has 0 saturated heterocycles. The number of thiophene rings is 1. The maximum Gasteiger partial charge on any atom is 0.101 e. The minimum Gasteiger partial charge on any atom is -0.192 e. The molecule has 0 saturated carbocycles. The number of alkyl halides is 1. The molecule has 0 amide bonds. The van der Waals surface area contributed by atoms with Crippen LogP contribution in [0.15, 0.2) is 22.0 Å². The third kappa shape index (κ3) is 1.54. The summed E-state index contributed by atoms with van der Waals surface area (Å²) in [5.41, 5.74) is 1.68. The standard InChI is InChI=1S/C10H5BrClNS/c11-9-5-14-10-7(4-13)1-6(3-12)2-8(9)10/h1-2,5H,3H2. The Kier molecular flexibility index (Phi) is 2.78. The Morgan fingerprint density at radius 2 is 2.29 bits per heavy atom. The SMILES string of the molecule is N#Cc1cc(CCl)cc2c(Br)csc12. The van der Waals surface area contributed by atoms with E-state index in [0.717, 1.165) is 20.1 Å². The van der Waals surface area contributed by atoms with Gasteiger partial charge in [0.15, 0.2) is 0 Å². The van der Waals surface area contributed by atoms with Crippen molar-refractivity contribution in [1.82, 2.24) is 0 Å². The molecule has 1 aromatic carbocycles. The third-order valence-corrected chi connectivity index (χ3v) is 4.26. The van der Waals surface area contributed by atoms with Gasteiger partial charge < -0.3 is 0 Å². The highest BCUT2D eigenvalue weighted by atomic mass is 79.9. The van der Waals surface area contributed by atoms with E-state index >= 15 is 0 Å². The van der Waals surface area contributed by atoms with Crippen LogP contribution < -0.4 is 0 Å². The number of nitrogens with zero attached hydrogens (tertiary/aromatic N) is 1. The van der Waals surface area contributed by atoms with Crippen LogP contribution in [0.5, 0.6) is 0 Å². The average Bonchev–Trinajstić information content (AvgIpc) is 2.59. The number of nitriles is 1. The molecule has 70 valence electrons. The minimum absolute atomic E-state index is 0.437. The molecule has 0 N–H and O–H groups in total. The van der Waals surface area contributed by atoms with Gasteiger partial charge in [0.1, 0.15) is 6.07 Å². The van der Waals surface area contributed by atoms with Crippen LogP contribution in [-0.2, 0) is 5.88 Å². The van der Waals surface area contributed by atoms with Gasteiger partial charge in [-0.1, -0.05) is 0 Å². The lowest BCUT2D eigenvalue weighted by atomic mass is 10.1. The molecule has 14 heavy (non-hydrogen) atoms. The Morgan fingerprint density at radius 3 is 2.93 bits per heavy atom. The maximum absolute atomic E-state index is 8.96. The number of rotatable bonds is 1. The summed E-state index contributed by atoms with van der Waals surface area (Å²) in [6.45, 7) is 0. The van der Waals surface area contributed by atoms with Crippen molar-refractivity contribution in [1.29, 1.82) is 5.26 Å². The molecular weight excluding hydrogens is 282 g/mol. The zero-order valence-electron chi connectivity index (χ0n) is 7.05. The molecule has 0 radical (unpaired) electrons. The monoisotopic (exact) mass is 285 g/mol. The summed E-state index contributed by atoms with van der Waals surface area (Å²) in [4.78, 5) is 0. The van der Waals surface area contributed by atoms with Gasteiger partial charge in [0.05, 0.1) is 10.3 Å². The van der Waals surface area contributed by atoms with Crippen molar-refractivity contribution in [2.75, 3.05) is 0 Å². The molecule has 2 rings (SSSR count). The highest BCUT2D eigenvalue weighted by Gasteiger charge is 2.08. The van der Waals surface area contributed by atoms with E-state index in [2.05, 4.69) is 22.0 Å². The molecule has 1 aromatic heterocycles. The second-order valence-electron chi connectivity index (χ2n) is 2.85. The molecule has 0 aliphatic rings. The molecule has 0 fully saturated rings. The van der Waals surface area contributed by atoms with E-state index in [1.165, 1.54) is 0 Å². The second-order valence-corrected chi connectivity index (χ2v) is 4.85. The van der Waals surface area contributed by atoms with Gasteiger partial charge in [-0.15, -0.1) is 22.9 Å². The highest BCUT2D eigenvalue weighted by Crippen LogP contribution is 2.33. The van der Waals surface area contributed by atoms with Crippen molar-refractivity contribution < 1.29 is 0 Å². The summed E-state index contributed by atoms with van der Waals surface area (Å²) >= 11 is 10.8. The van der Waals surface area contributed by atoms with Crippen LogP contribution in [0.25, 0.3) is 10.1 Å². The Bertz CT molecular complexity index is 527. The van der Waals surface area contributed by atoms with Gasteiger partial charge in [-0.3, -0.25) is 0 Å².